The van der Waals surface area contributed by atoms with Gasteiger partial charge in [-0.05, 0) is 18.4 Å². The second kappa shape index (κ2) is 12.2. The molecule has 0 saturated carbocycles. The summed E-state index contributed by atoms with van der Waals surface area (Å²) in [5.41, 5.74) is 6.51. The molecule has 30 heavy (non-hydrogen) atoms. The van der Waals surface area contributed by atoms with E-state index in [1.807, 2.05) is 30.3 Å². The molecule has 0 spiro atoms. The van der Waals surface area contributed by atoms with Crippen LogP contribution >= 0.6 is 12.6 Å². The Kier molecular flexibility index (Phi) is 10.3. The van der Waals surface area contributed by atoms with Gasteiger partial charge >= 0.3 is 5.97 Å². The fourth-order valence-electron chi connectivity index (χ4n) is 2.57. The number of carboxylic acid groups (broad SMARTS) is 1. The largest absolute Gasteiger partial charge is 0.480 e. The summed E-state index contributed by atoms with van der Waals surface area (Å²) in [4.78, 5) is 48.7. The molecule has 1 rings (SSSR count). The maximum atomic E-state index is 13.0. The van der Waals surface area contributed by atoms with Crippen LogP contribution < -0.4 is 21.7 Å². The van der Waals surface area contributed by atoms with Crippen LogP contribution in [0.4, 0.5) is 0 Å². The van der Waals surface area contributed by atoms with Crippen molar-refractivity contribution in [3.05, 3.63) is 35.9 Å². The zero-order chi connectivity index (χ0) is 22.8. The summed E-state index contributed by atoms with van der Waals surface area (Å²) < 4.78 is 0. The molecule has 4 unspecified atom stereocenters. The van der Waals surface area contributed by atoms with E-state index in [1.165, 1.54) is 6.92 Å². The number of nitrogens with one attached hydrogen (secondary N) is 3. The normalized spacial score (nSPS) is 14.9. The van der Waals surface area contributed by atoms with Crippen LogP contribution in [0.5, 0.6) is 0 Å². The highest BCUT2D eigenvalue weighted by molar-refractivity contribution is 7.80. The van der Waals surface area contributed by atoms with Gasteiger partial charge in [0.15, 0.2) is 0 Å². The van der Waals surface area contributed by atoms with Crippen LogP contribution in [0.25, 0.3) is 0 Å². The first-order chi connectivity index (χ1) is 14.1. The Morgan fingerprint density at radius 2 is 1.57 bits per heavy atom. The van der Waals surface area contributed by atoms with E-state index in [1.54, 1.807) is 13.8 Å². The number of hydrogen-bond donors (Lipinski definition) is 6. The van der Waals surface area contributed by atoms with E-state index in [0.717, 1.165) is 5.56 Å². The summed E-state index contributed by atoms with van der Waals surface area (Å²) in [6.45, 7) is 4.77. The van der Waals surface area contributed by atoms with Gasteiger partial charge < -0.3 is 26.8 Å². The van der Waals surface area contributed by atoms with Gasteiger partial charge in [0, 0.05) is 12.2 Å². The van der Waals surface area contributed by atoms with Gasteiger partial charge in [-0.2, -0.15) is 12.6 Å². The number of thiol groups is 1. The Morgan fingerprint density at radius 3 is 2.07 bits per heavy atom. The average molecular weight is 439 g/mol. The minimum Gasteiger partial charge on any atom is -0.480 e. The lowest BCUT2D eigenvalue weighted by Gasteiger charge is -2.26. The number of hydrogen-bond acceptors (Lipinski definition) is 6. The Balaban J connectivity index is 3.00. The first-order valence-electron chi connectivity index (χ1n) is 9.61. The van der Waals surface area contributed by atoms with Crippen molar-refractivity contribution in [2.75, 3.05) is 5.75 Å². The Morgan fingerprint density at radius 1 is 0.967 bits per heavy atom. The number of amides is 3. The fraction of sp³-hybridized carbons (Fsp3) is 0.500. The molecule has 1 aromatic rings. The topological polar surface area (TPSA) is 151 Å². The molecule has 0 aliphatic heterocycles. The smallest absolute Gasteiger partial charge is 0.325 e. The highest BCUT2D eigenvalue weighted by atomic mass is 32.1. The average Bonchev–Trinajstić information content (AvgIpc) is 2.70. The highest BCUT2D eigenvalue weighted by Crippen LogP contribution is 2.07. The van der Waals surface area contributed by atoms with Crippen molar-refractivity contribution in [2.45, 2.75) is 51.4 Å². The molecule has 3 amide bonds. The molecule has 0 aliphatic rings. The van der Waals surface area contributed by atoms with Crippen LogP contribution in [-0.2, 0) is 25.6 Å². The lowest BCUT2D eigenvalue weighted by molar-refractivity contribution is -0.142. The van der Waals surface area contributed by atoms with Crippen molar-refractivity contribution < 1.29 is 24.3 Å². The van der Waals surface area contributed by atoms with Crippen LogP contribution in [0.3, 0.4) is 0 Å². The predicted octanol–water partition coefficient (Wildman–Crippen LogP) is -0.299. The summed E-state index contributed by atoms with van der Waals surface area (Å²) in [5, 5.41) is 16.6. The van der Waals surface area contributed by atoms with E-state index in [4.69, 9.17) is 10.8 Å². The van der Waals surface area contributed by atoms with E-state index in [9.17, 15) is 19.2 Å². The van der Waals surface area contributed by atoms with Crippen molar-refractivity contribution in [1.29, 1.82) is 0 Å². The van der Waals surface area contributed by atoms with Crippen LogP contribution in [0.2, 0.25) is 0 Å². The molecule has 6 N–H and O–H groups in total. The maximum Gasteiger partial charge on any atom is 0.325 e. The second-order valence-electron chi connectivity index (χ2n) is 7.34. The van der Waals surface area contributed by atoms with Gasteiger partial charge in [-0.25, -0.2) is 0 Å². The number of nitrogens with two attached hydrogens (primary N) is 1. The lowest BCUT2D eigenvalue weighted by atomic mass is 10.0. The molecular weight excluding hydrogens is 408 g/mol. The molecule has 0 saturated heterocycles. The van der Waals surface area contributed by atoms with Gasteiger partial charge in [0.05, 0.1) is 6.04 Å². The van der Waals surface area contributed by atoms with E-state index < -0.39 is 47.9 Å². The van der Waals surface area contributed by atoms with E-state index in [-0.39, 0.29) is 18.1 Å². The predicted molar refractivity (Wildman–Crippen MR) is 116 cm³/mol. The molecule has 0 aromatic heterocycles. The van der Waals surface area contributed by atoms with Gasteiger partial charge in [-0.3, -0.25) is 19.2 Å². The zero-order valence-electron chi connectivity index (χ0n) is 17.3. The Labute approximate surface area is 181 Å². The first kappa shape index (κ1) is 25.4. The van der Waals surface area contributed by atoms with Crippen molar-refractivity contribution in [3.63, 3.8) is 0 Å². The molecule has 0 radical (unpaired) electrons. The second-order valence-corrected chi connectivity index (χ2v) is 7.70. The summed E-state index contributed by atoms with van der Waals surface area (Å²) in [5.74, 6) is -3.13. The molecule has 0 aliphatic carbocycles. The van der Waals surface area contributed by atoms with Crippen LogP contribution in [0, 0.1) is 5.92 Å². The summed E-state index contributed by atoms with van der Waals surface area (Å²) in [6.07, 6.45) is 0.190. The van der Waals surface area contributed by atoms with Crippen molar-refractivity contribution in [1.82, 2.24) is 16.0 Å². The van der Waals surface area contributed by atoms with Crippen molar-refractivity contribution >= 4 is 36.3 Å². The van der Waals surface area contributed by atoms with Crippen LogP contribution in [0.1, 0.15) is 26.3 Å². The molecule has 9 nitrogen and oxygen atoms in total. The van der Waals surface area contributed by atoms with Gasteiger partial charge in [0.25, 0.3) is 0 Å². The molecule has 166 valence electrons. The molecule has 0 heterocycles. The fourth-order valence-corrected chi connectivity index (χ4v) is 2.74. The van der Waals surface area contributed by atoms with Gasteiger partial charge in [0.1, 0.15) is 18.1 Å². The highest BCUT2D eigenvalue weighted by Gasteiger charge is 2.31. The third-order valence-corrected chi connectivity index (χ3v) is 4.82. The Hall–Kier alpha value is -2.59. The number of benzene rings is 1. The van der Waals surface area contributed by atoms with Crippen LogP contribution in [-0.4, -0.2) is 58.7 Å². The van der Waals surface area contributed by atoms with Gasteiger partial charge in [-0.1, -0.05) is 44.2 Å². The number of carbonyl (C=O) groups is 4. The molecular formula is C20H30N4O5S. The van der Waals surface area contributed by atoms with Gasteiger partial charge in [0.2, 0.25) is 17.7 Å². The minimum absolute atomic E-state index is 0.107. The molecule has 1 aromatic carbocycles. The molecule has 0 fully saturated rings. The number of rotatable bonds is 11. The first-order valence-corrected chi connectivity index (χ1v) is 10.2. The van der Waals surface area contributed by atoms with E-state index in [2.05, 4.69) is 28.6 Å². The maximum absolute atomic E-state index is 13.0. The molecule has 0 bridgehead atoms. The SMILES string of the molecule is CC(NC(=O)C(NC(=O)C(Cc1ccccc1)NC(=O)C(N)CS)C(C)C)C(=O)O. The van der Waals surface area contributed by atoms with E-state index >= 15 is 0 Å². The zero-order valence-corrected chi connectivity index (χ0v) is 18.2. The van der Waals surface area contributed by atoms with Crippen molar-refractivity contribution in [2.24, 2.45) is 11.7 Å². The monoisotopic (exact) mass is 438 g/mol. The molecule has 4 atom stereocenters. The van der Waals surface area contributed by atoms with E-state index in [0.29, 0.717) is 0 Å². The summed E-state index contributed by atoms with van der Waals surface area (Å²) in [6, 6.07) is 5.12. The number of carboxylic acids is 1. The van der Waals surface area contributed by atoms with Gasteiger partial charge in [-0.15, -0.1) is 0 Å². The number of aliphatic carboxylic acids is 1. The van der Waals surface area contributed by atoms with Crippen molar-refractivity contribution in [3.8, 4) is 0 Å². The van der Waals surface area contributed by atoms with Crippen LogP contribution in [0.15, 0.2) is 30.3 Å². The third-order valence-electron chi connectivity index (χ3n) is 4.43. The standard InChI is InChI=1S/C20H30N4O5S/c1-11(2)16(19(27)22-12(3)20(28)29)24-18(26)15(23-17(25)14(21)10-30)9-13-7-5-4-6-8-13/h4-8,11-12,14-16,30H,9-10,21H2,1-3H3,(H,22,27)(H,23,25)(H,24,26)(H,28,29). The third kappa shape index (κ3) is 8.03. The summed E-state index contributed by atoms with van der Waals surface area (Å²) in [7, 11) is 0. The quantitative estimate of drug-likeness (QED) is 0.261. The minimum atomic E-state index is -1.19. The molecule has 10 heteroatoms. The Bertz CT molecular complexity index is 744. The summed E-state index contributed by atoms with van der Waals surface area (Å²) >= 11 is 4.00. The lowest BCUT2D eigenvalue weighted by Crippen LogP contribution is -2.58. The number of carbonyl (C=O) groups excluding carboxylic acids is 3.